The second kappa shape index (κ2) is 13.9. The van der Waals surface area contributed by atoms with Crippen molar-refractivity contribution >= 4 is 23.9 Å². The third kappa shape index (κ3) is 6.97. The fourth-order valence-electron chi connectivity index (χ4n) is 12.0. The molecule has 0 aromatic rings. The highest BCUT2D eigenvalue weighted by molar-refractivity contribution is 5.93. The van der Waals surface area contributed by atoms with Crippen LogP contribution in [0.5, 0.6) is 0 Å². The molecule has 4 saturated carbocycles. The van der Waals surface area contributed by atoms with Crippen molar-refractivity contribution in [1.29, 1.82) is 0 Å². The lowest BCUT2D eigenvalue weighted by Gasteiger charge is -2.60. The Balaban J connectivity index is 1.02. The van der Waals surface area contributed by atoms with Crippen molar-refractivity contribution in [3.63, 3.8) is 0 Å². The Bertz CT molecular complexity index is 1650. The molecule has 1 saturated heterocycles. The Morgan fingerprint density at radius 1 is 0.868 bits per heavy atom. The highest BCUT2D eigenvalue weighted by Gasteiger charge is 2.66. The zero-order valence-corrected chi connectivity index (χ0v) is 32.6. The van der Waals surface area contributed by atoms with Crippen molar-refractivity contribution in [2.75, 3.05) is 0 Å². The summed E-state index contributed by atoms with van der Waals surface area (Å²) >= 11 is 0. The molecule has 3 unspecified atom stereocenters. The van der Waals surface area contributed by atoms with Crippen molar-refractivity contribution in [3.8, 4) is 0 Å². The van der Waals surface area contributed by atoms with Gasteiger partial charge in [0.25, 0.3) is 12.6 Å². The number of fused-ring (bicyclic) bond motifs is 4. The van der Waals surface area contributed by atoms with Gasteiger partial charge in [-0.3, -0.25) is 0 Å². The summed E-state index contributed by atoms with van der Waals surface area (Å²) in [6, 6.07) is 0. The third-order valence-corrected chi connectivity index (χ3v) is 14.5. The summed E-state index contributed by atoms with van der Waals surface area (Å²) in [5, 5.41) is 0. The maximum absolute atomic E-state index is 13.8. The van der Waals surface area contributed by atoms with E-state index in [9.17, 15) is 19.2 Å². The Morgan fingerprint density at radius 2 is 1.64 bits per heavy atom. The molecule has 290 valence electrons. The Kier molecular flexibility index (Phi) is 9.93. The molecule has 0 bridgehead atoms. The van der Waals surface area contributed by atoms with E-state index < -0.39 is 42.1 Å². The summed E-state index contributed by atoms with van der Waals surface area (Å²) in [4.78, 5) is 51.7. The summed E-state index contributed by atoms with van der Waals surface area (Å²) in [6.07, 6.45) is 15.6. The van der Waals surface area contributed by atoms with E-state index in [-0.39, 0.29) is 22.9 Å². The quantitative estimate of drug-likeness (QED) is 0.0989. The van der Waals surface area contributed by atoms with Gasteiger partial charge < -0.3 is 28.4 Å². The van der Waals surface area contributed by atoms with Gasteiger partial charge in [0, 0.05) is 28.7 Å². The summed E-state index contributed by atoms with van der Waals surface area (Å²) in [6.45, 7) is 15.1. The van der Waals surface area contributed by atoms with Crippen LogP contribution in [0.3, 0.4) is 0 Å². The zero-order chi connectivity index (χ0) is 37.9. The summed E-state index contributed by atoms with van der Waals surface area (Å²) in [5.74, 6) is -0.440. The summed E-state index contributed by atoms with van der Waals surface area (Å²) < 4.78 is 34.8. The molecule has 9 atom stereocenters. The third-order valence-electron chi connectivity index (χ3n) is 14.5. The number of hydrogen-bond acceptors (Lipinski definition) is 10. The standard InChI is InChI=1S/C43H58O10/c1-25-22-34(51-36(25)45)49-24-30-35-42(7)18-9-17-41(5,6)32(42)14-20-43(35,53-38(30)47)19-13-29-26(2)39(52-37(29)46)48-21-15-33(44)50-28-11-12-31-27(23-28)10-8-16-40(31,3)4/h15,21-22,24,27-28,31-32,34-35,39H,8-14,16-20,23H2,1-7H3/b21-15+,30-24+/t27?,28-,31-,32+,34?,35-,39?,42+,43-/m1/s1. The minimum atomic E-state index is -0.956. The lowest BCUT2D eigenvalue weighted by Crippen LogP contribution is -2.57. The van der Waals surface area contributed by atoms with Crippen molar-refractivity contribution < 1.29 is 47.6 Å². The summed E-state index contributed by atoms with van der Waals surface area (Å²) in [7, 11) is 0. The molecule has 0 spiro atoms. The molecule has 10 heteroatoms. The molecule has 3 aliphatic heterocycles. The van der Waals surface area contributed by atoms with Crippen LogP contribution >= 0.6 is 0 Å². The largest absolute Gasteiger partial charge is 0.459 e. The van der Waals surface area contributed by atoms with Gasteiger partial charge in [-0.25, -0.2) is 19.2 Å². The van der Waals surface area contributed by atoms with E-state index in [1.165, 1.54) is 37.9 Å². The van der Waals surface area contributed by atoms with Crippen LogP contribution in [0.25, 0.3) is 0 Å². The van der Waals surface area contributed by atoms with Gasteiger partial charge in [0.15, 0.2) is 0 Å². The van der Waals surface area contributed by atoms with E-state index in [2.05, 4.69) is 34.6 Å². The maximum atomic E-state index is 13.8. The average Bonchev–Trinajstić information content (AvgIpc) is 3.66. The average molecular weight is 735 g/mol. The van der Waals surface area contributed by atoms with Gasteiger partial charge in [0.1, 0.15) is 11.7 Å². The number of cyclic esters (lactones) is 2. The van der Waals surface area contributed by atoms with E-state index in [1.54, 1.807) is 19.9 Å². The lowest BCUT2D eigenvalue weighted by atomic mass is 9.44. The molecule has 0 N–H and O–H groups in total. The van der Waals surface area contributed by atoms with Gasteiger partial charge >= 0.3 is 23.9 Å². The predicted molar refractivity (Wildman–Crippen MR) is 194 cm³/mol. The molecule has 0 aromatic heterocycles. The van der Waals surface area contributed by atoms with Crippen LogP contribution in [0.4, 0.5) is 0 Å². The first-order valence-corrected chi connectivity index (χ1v) is 19.9. The van der Waals surface area contributed by atoms with E-state index in [0.717, 1.165) is 44.9 Å². The first-order chi connectivity index (χ1) is 25.0. The van der Waals surface area contributed by atoms with Crippen molar-refractivity contribution in [2.24, 2.45) is 39.9 Å². The van der Waals surface area contributed by atoms with Crippen LogP contribution in [-0.2, 0) is 47.6 Å². The molecule has 7 aliphatic rings. The molecule has 3 heterocycles. The second-order valence-corrected chi connectivity index (χ2v) is 18.6. The van der Waals surface area contributed by atoms with Crippen molar-refractivity contribution in [2.45, 2.75) is 156 Å². The van der Waals surface area contributed by atoms with Crippen LogP contribution < -0.4 is 0 Å². The number of carbonyl (C=O) groups excluding carboxylic acids is 4. The van der Waals surface area contributed by atoms with Gasteiger partial charge in [0.2, 0.25) is 0 Å². The summed E-state index contributed by atoms with van der Waals surface area (Å²) in [5.41, 5.74) is 1.38. The topological polar surface area (TPSA) is 124 Å². The number of esters is 4. The number of rotatable bonds is 9. The normalized spacial score (nSPS) is 39.5. The molecule has 10 nitrogen and oxygen atoms in total. The van der Waals surface area contributed by atoms with Crippen LogP contribution in [0, 0.1) is 39.9 Å². The van der Waals surface area contributed by atoms with Gasteiger partial charge in [-0.2, -0.15) is 0 Å². The predicted octanol–water partition coefficient (Wildman–Crippen LogP) is 8.30. The Morgan fingerprint density at radius 3 is 2.40 bits per heavy atom. The monoisotopic (exact) mass is 734 g/mol. The molecular weight excluding hydrogens is 676 g/mol. The molecule has 7 rings (SSSR count). The molecule has 4 aliphatic carbocycles. The second-order valence-electron chi connectivity index (χ2n) is 18.6. The van der Waals surface area contributed by atoms with Crippen molar-refractivity contribution in [3.05, 3.63) is 47.0 Å². The molecule has 0 aromatic carbocycles. The van der Waals surface area contributed by atoms with Crippen LogP contribution in [-0.4, -0.2) is 48.2 Å². The first-order valence-electron chi connectivity index (χ1n) is 19.9. The van der Waals surface area contributed by atoms with Crippen LogP contribution in [0.15, 0.2) is 47.0 Å². The molecular formula is C43H58O10. The molecule has 0 radical (unpaired) electrons. The van der Waals surface area contributed by atoms with Gasteiger partial charge in [-0.05, 0) is 112 Å². The zero-order valence-electron chi connectivity index (χ0n) is 32.6. The maximum Gasteiger partial charge on any atom is 0.338 e. The minimum Gasteiger partial charge on any atom is -0.459 e. The lowest BCUT2D eigenvalue weighted by molar-refractivity contribution is -0.171. The fourth-order valence-corrected chi connectivity index (χ4v) is 12.0. The van der Waals surface area contributed by atoms with Crippen molar-refractivity contribution in [1.82, 2.24) is 0 Å². The minimum absolute atomic E-state index is 0.0858. The highest BCUT2D eigenvalue weighted by Crippen LogP contribution is 2.67. The molecule has 53 heavy (non-hydrogen) atoms. The van der Waals surface area contributed by atoms with E-state index in [0.29, 0.717) is 64.7 Å². The molecule has 0 amide bonds. The Hall–Kier alpha value is -3.56. The van der Waals surface area contributed by atoms with Gasteiger partial charge in [-0.15, -0.1) is 0 Å². The Labute approximate surface area is 314 Å². The highest BCUT2D eigenvalue weighted by atomic mass is 16.7. The van der Waals surface area contributed by atoms with Gasteiger partial charge in [-0.1, -0.05) is 53.9 Å². The smallest absolute Gasteiger partial charge is 0.338 e. The fraction of sp³-hybridized carbons (Fsp3) is 0.721. The van der Waals surface area contributed by atoms with E-state index in [1.807, 2.05) is 0 Å². The SMILES string of the molecule is CC1=CC(O/C=C2/C(=O)O[C@]3(CCC4=C(C)C(O/C=C/C(=O)O[C@@H]5CC[C@@H]6C(CCCC6(C)C)C5)OC4=O)CC[C@H]4C(C)(C)CCC[C@]4(C)[C@@H]23)OC1=O. The number of ether oxygens (including phenoxy) is 6. The van der Waals surface area contributed by atoms with E-state index >= 15 is 0 Å². The van der Waals surface area contributed by atoms with Crippen LogP contribution in [0.1, 0.15) is 132 Å². The first kappa shape index (κ1) is 37.7. The number of hydrogen-bond donors (Lipinski definition) is 0. The van der Waals surface area contributed by atoms with Crippen LogP contribution in [0.2, 0.25) is 0 Å². The van der Waals surface area contributed by atoms with E-state index in [4.69, 9.17) is 28.4 Å². The van der Waals surface area contributed by atoms with Gasteiger partial charge in [0.05, 0.1) is 24.2 Å². The number of carbonyl (C=O) groups is 4. The molecule has 5 fully saturated rings.